The van der Waals surface area contributed by atoms with E-state index in [1.54, 1.807) is 0 Å². The lowest BCUT2D eigenvalue weighted by atomic mass is 9.99. The van der Waals surface area contributed by atoms with Gasteiger partial charge in [-0.3, -0.25) is 18.6 Å². The molecule has 0 heterocycles. The molecule has 0 aromatic heterocycles. The van der Waals surface area contributed by atoms with Crippen molar-refractivity contribution in [3.05, 3.63) is 48.6 Å². The van der Waals surface area contributed by atoms with Crippen molar-refractivity contribution in [1.82, 2.24) is 0 Å². The van der Waals surface area contributed by atoms with Gasteiger partial charge in [-0.2, -0.15) is 0 Å². The Hall–Kier alpha value is -2.11. The molecule has 0 aliphatic rings. The topological polar surface area (TPSA) is 169 Å². The largest absolute Gasteiger partial charge is 0.472 e. The lowest BCUT2D eigenvalue weighted by Gasteiger charge is -2.20. The van der Waals surface area contributed by atoms with Crippen LogP contribution in [-0.2, 0) is 32.7 Å². The van der Waals surface area contributed by atoms with Gasteiger partial charge in [-0.25, -0.2) is 4.57 Å². The summed E-state index contributed by atoms with van der Waals surface area (Å²) in [5, 5.41) is 27.6. The minimum Gasteiger partial charge on any atom is -0.462 e. The van der Waals surface area contributed by atoms with E-state index >= 15 is 0 Å². The van der Waals surface area contributed by atoms with Crippen LogP contribution in [0.15, 0.2) is 48.6 Å². The molecule has 12 heteroatoms. The average molecular weight is 801 g/mol. The number of aliphatic hydroxyl groups is 3. The summed E-state index contributed by atoms with van der Waals surface area (Å²) in [6, 6.07) is 0. The molecule has 0 aromatic carbocycles. The zero-order chi connectivity index (χ0) is 40.8. The van der Waals surface area contributed by atoms with Gasteiger partial charge in [0, 0.05) is 12.8 Å². The van der Waals surface area contributed by atoms with E-state index in [0.717, 1.165) is 63.7 Å². The van der Waals surface area contributed by atoms with E-state index in [9.17, 15) is 29.3 Å². The fraction of sp³-hybridized carbons (Fsp3) is 0.767. The van der Waals surface area contributed by atoms with Gasteiger partial charge in [0.1, 0.15) is 12.7 Å². The summed E-state index contributed by atoms with van der Waals surface area (Å²) in [6.07, 6.45) is 35.0. The standard InChI is InChI=1S/C43H77O11P/c1-4-38(2)30-26-22-18-14-12-13-16-20-24-28-32-42(47)51-36-41(37-53-55(49,50)52-35-40(46)34-44)54-43(48)33-29-25-21-17-11-9-7-5-6-8-10-15-19-23-27-31-39(3)45/h6-9,15,17,19,21,38-41,44-46H,4-5,10-14,16,18,20,22-37H2,1-3H3,(H,49,50)/b8-6-,9-7-,19-15-,21-17-/t38?,39-,40-,41+/m0/s1. The highest BCUT2D eigenvalue weighted by Crippen LogP contribution is 2.43. The number of allylic oxidation sites excluding steroid dienone is 8. The van der Waals surface area contributed by atoms with Crippen LogP contribution in [0.25, 0.3) is 0 Å². The molecule has 4 N–H and O–H groups in total. The van der Waals surface area contributed by atoms with Crippen molar-refractivity contribution in [2.24, 2.45) is 5.92 Å². The van der Waals surface area contributed by atoms with Crippen LogP contribution in [0.1, 0.15) is 162 Å². The smallest absolute Gasteiger partial charge is 0.462 e. The fourth-order valence-corrected chi connectivity index (χ4v) is 6.18. The number of carbonyl (C=O) groups excluding carboxylic acids is 2. The lowest BCUT2D eigenvalue weighted by molar-refractivity contribution is -0.161. The molecule has 0 aliphatic carbocycles. The van der Waals surface area contributed by atoms with Gasteiger partial charge in [0.15, 0.2) is 6.10 Å². The fourth-order valence-electron chi connectivity index (χ4n) is 5.39. The molecular formula is C43H77O11P. The lowest BCUT2D eigenvalue weighted by Crippen LogP contribution is -2.29. The minimum absolute atomic E-state index is 0.0959. The Kier molecular flexibility index (Phi) is 36.0. The molecule has 0 aromatic rings. The number of esters is 2. The molecule has 0 spiro atoms. The molecule has 0 fully saturated rings. The minimum atomic E-state index is -4.64. The molecule has 0 aliphatic heterocycles. The Morgan fingerprint density at radius 2 is 1.11 bits per heavy atom. The Morgan fingerprint density at radius 1 is 0.618 bits per heavy atom. The Labute approximate surface area is 333 Å². The average Bonchev–Trinajstić information content (AvgIpc) is 3.16. The molecule has 5 atom stereocenters. The molecule has 0 saturated heterocycles. The van der Waals surface area contributed by atoms with Gasteiger partial charge >= 0.3 is 19.8 Å². The van der Waals surface area contributed by atoms with Gasteiger partial charge in [-0.15, -0.1) is 0 Å². The number of aliphatic hydroxyl groups excluding tert-OH is 3. The van der Waals surface area contributed by atoms with Crippen LogP contribution < -0.4 is 0 Å². The van der Waals surface area contributed by atoms with Crippen LogP contribution >= 0.6 is 7.82 Å². The summed E-state index contributed by atoms with van der Waals surface area (Å²) in [5.74, 6) is -0.174. The third kappa shape index (κ3) is 38.5. The third-order valence-corrected chi connectivity index (χ3v) is 10.00. The molecule has 0 rings (SSSR count). The summed E-state index contributed by atoms with van der Waals surface area (Å²) < 4.78 is 32.6. The number of hydrogen-bond acceptors (Lipinski definition) is 10. The molecule has 11 nitrogen and oxygen atoms in total. The molecule has 0 amide bonds. The van der Waals surface area contributed by atoms with Crippen molar-refractivity contribution >= 4 is 19.8 Å². The maximum atomic E-state index is 12.6. The zero-order valence-electron chi connectivity index (χ0n) is 34.4. The Bertz CT molecular complexity index is 1090. The number of rotatable bonds is 38. The van der Waals surface area contributed by atoms with Crippen molar-refractivity contribution in [1.29, 1.82) is 0 Å². The first-order valence-corrected chi connectivity index (χ1v) is 22.5. The van der Waals surface area contributed by atoms with Crippen LogP contribution in [0.5, 0.6) is 0 Å². The summed E-state index contributed by atoms with van der Waals surface area (Å²) in [6.45, 7) is 4.19. The first kappa shape index (κ1) is 52.9. The van der Waals surface area contributed by atoms with Gasteiger partial charge < -0.3 is 29.7 Å². The second-order valence-electron chi connectivity index (χ2n) is 14.5. The van der Waals surface area contributed by atoms with Crippen molar-refractivity contribution in [3.8, 4) is 0 Å². The highest BCUT2D eigenvalue weighted by Gasteiger charge is 2.27. The summed E-state index contributed by atoms with van der Waals surface area (Å²) >= 11 is 0. The number of unbranched alkanes of at least 4 members (excludes halogenated alkanes) is 11. The highest BCUT2D eigenvalue weighted by atomic mass is 31.2. The van der Waals surface area contributed by atoms with Crippen LogP contribution in [0, 0.1) is 5.92 Å². The van der Waals surface area contributed by atoms with E-state index in [4.69, 9.17) is 19.1 Å². The van der Waals surface area contributed by atoms with Crippen LogP contribution in [0.4, 0.5) is 0 Å². The molecular weight excluding hydrogens is 723 g/mol. The molecule has 55 heavy (non-hydrogen) atoms. The van der Waals surface area contributed by atoms with Crippen LogP contribution in [0.3, 0.4) is 0 Å². The second kappa shape index (κ2) is 37.5. The maximum Gasteiger partial charge on any atom is 0.472 e. The number of phosphoric acid groups is 1. The summed E-state index contributed by atoms with van der Waals surface area (Å²) in [5.41, 5.74) is 0. The molecule has 320 valence electrons. The predicted molar refractivity (Wildman–Crippen MR) is 220 cm³/mol. The van der Waals surface area contributed by atoms with Crippen LogP contribution in [0.2, 0.25) is 0 Å². The van der Waals surface area contributed by atoms with Gasteiger partial charge in [0.05, 0.1) is 25.9 Å². The highest BCUT2D eigenvalue weighted by molar-refractivity contribution is 7.47. The number of phosphoric ester groups is 1. The normalized spacial score (nSPS) is 15.5. The quantitative estimate of drug-likeness (QED) is 0.0203. The Balaban J connectivity index is 4.43. The summed E-state index contributed by atoms with van der Waals surface area (Å²) in [7, 11) is -4.64. The summed E-state index contributed by atoms with van der Waals surface area (Å²) in [4.78, 5) is 34.9. The SMILES string of the molecule is CCC(C)CCCCCCCCCCCCC(=O)OC[C@H](COP(=O)(O)OC[C@@H](O)CO)OC(=O)CCC/C=C\C/C=C\C/C=C\C/C=C\CCC[C@H](C)O. The van der Waals surface area contributed by atoms with Gasteiger partial charge in [-0.1, -0.05) is 133 Å². The first-order valence-electron chi connectivity index (χ1n) is 21.0. The van der Waals surface area contributed by atoms with E-state index in [0.29, 0.717) is 19.3 Å². The van der Waals surface area contributed by atoms with Crippen molar-refractivity contribution in [2.75, 3.05) is 26.4 Å². The van der Waals surface area contributed by atoms with E-state index < -0.39 is 51.8 Å². The van der Waals surface area contributed by atoms with E-state index in [1.807, 2.05) is 19.1 Å². The number of carbonyl (C=O) groups is 2. The van der Waals surface area contributed by atoms with E-state index in [1.165, 1.54) is 51.4 Å². The molecule has 0 bridgehead atoms. The molecule has 2 unspecified atom stereocenters. The Morgan fingerprint density at radius 3 is 1.65 bits per heavy atom. The van der Waals surface area contributed by atoms with Gasteiger partial charge in [0.2, 0.25) is 0 Å². The maximum absolute atomic E-state index is 12.6. The van der Waals surface area contributed by atoms with E-state index in [2.05, 4.69) is 54.8 Å². The monoisotopic (exact) mass is 801 g/mol. The van der Waals surface area contributed by atoms with Crippen molar-refractivity contribution in [3.63, 3.8) is 0 Å². The van der Waals surface area contributed by atoms with Crippen LogP contribution in [-0.4, -0.2) is 76.9 Å². The molecule has 0 saturated carbocycles. The van der Waals surface area contributed by atoms with E-state index in [-0.39, 0.29) is 25.6 Å². The third-order valence-electron chi connectivity index (χ3n) is 9.05. The van der Waals surface area contributed by atoms with Crippen molar-refractivity contribution in [2.45, 2.75) is 180 Å². The zero-order valence-corrected chi connectivity index (χ0v) is 35.3. The predicted octanol–water partition coefficient (Wildman–Crippen LogP) is 9.77. The second-order valence-corrected chi connectivity index (χ2v) is 16.0. The first-order chi connectivity index (χ1) is 26.5. The molecule has 0 radical (unpaired) electrons. The number of hydrogen-bond donors (Lipinski definition) is 4. The van der Waals surface area contributed by atoms with Crippen molar-refractivity contribution < 1.29 is 52.9 Å². The van der Waals surface area contributed by atoms with Gasteiger partial charge in [-0.05, 0) is 70.6 Å². The van der Waals surface area contributed by atoms with Gasteiger partial charge in [0.25, 0.3) is 0 Å². The number of ether oxygens (including phenoxy) is 2.